The molecular weight excluding hydrogens is 979 g/mol. The number of aromatic nitrogens is 2. The van der Waals surface area contributed by atoms with E-state index in [1.165, 1.54) is 30.5 Å². The van der Waals surface area contributed by atoms with Gasteiger partial charge in [-0.15, -0.1) is 0 Å². The molecule has 77 heavy (non-hydrogen) atoms. The predicted octanol–water partition coefficient (Wildman–Crippen LogP) is 8.71. The molecule has 4 amide bonds. The van der Waals surface area contributed by atoms with Gasteiger partial charge in [-0.3, -0.25) is 29.1 Å². The molecule has 0 atom stereocenters. The van der Waals surface area contributed by atoms with Crippen LogP contribution in [0.5, 0.6) is 11.5 Å². The highest BCUT2D eigenvalue weighted by atomic mass is 19.1. The van der Waals surface area contributed by atoms with Crippen LogP contribution in [0.1, 0.15) is 80.9 Å². The Kier molecular flexibility index (Phi) is 14.2. The summed E-state index contributed by atoms with van der Waals surface area (Å²) in [6.07, 6.45) is 2.68. The van der Waals surface area contributed by atoms with Crippen molar-refractivity contribution in [2.24, 2.45) is 0 Å². The number of pyridine rings is 2. The van der Waals surface area contributed by atoms with E-state index in [-0.39, 0.29) is 78.3 Å². The van der Waals surface area contributed by atoms with E-state index in [4.69, 9.17) is 9.72 Å². The van der Waals surface area contributed by atoms with Gasteiger partial charge in [0.25, 0.3) is 23.6 Å². The second kappa shape index (κ2) is 21.6. The SMILES string of the molecule is CN1CCN(C(=O)c2c3c(c(O)c4ncccc24)C(=O)N(Cc2ccc(F)cc2)C3)CC1.CN1CCN(C(=O)c2c3c(c(OC(c4ccccc4)c4ccccc4)c4ncccc24)C(=O)N(Cc2ccc(F)cc2)C3)CC1. The number of phenolic OH excluding ortho intramolecular Hbond substituents is 1. The maximum atomic E-state index is 14.4. The highest BCUT2D eigenvalue weighted by Gasteiger charge is 2.41. The average Bonchev–Trinajstić information content (AvgIpc) is 4.00. The van der Waals surface area contributed by atoms with Crippen LogP contribution in [0.4, 0.5) is 8.78 Å². The van der Waals surface area contributed by atoms with E-state index in [0.29, 0.717) is 76.0 Å². The number of hydrogen-bond acceptors (Lipinski definition) is 10. The summed E-state index contributed by atoms with van der Waals surface area (Å²) in [7, 11) is 4.07. The number of nitrogens with zero attached hydrogens (tertiary/aromatic N) is 8. The van der Waals surface area contributed by atoms with Crippen molar-refractivity contribution in [2.75, 3.05) is 66.5 Å². The Balaban J connectivity index is 0.000000174. The van der Waals surface area contributed by atoms with Gasteiger partial charge in [0.15, 0.2) is 11.5 Å². The highest BCUT2D eigenvalue weighted by Crippen LogP contribution is 2.45. The Labute approximate surface area is 444 Å². The van der Waals surface area contributed by atoms with Gasteiger partial charge in [0.05, 0.1) is 22.3 Å². The third-order valence-electron chi connectivity index (χ3n) is 15.0. The lowest BCUT2D eigenvalue weighted by molar-refractivity contribution is 0.0657. The second-order valence-electron chi connectivity index (χ2n) is 20.0. The third-order valence-corrected chi connectivity index (χ3v) is 15.0. The van der Waals surface area contributed by atoms with Gasteiger partial charge in [-0.2, -0.15) is 0 Å². The third kappa shape index (κ3) is 10.0. The number of hydrogen-bond donors (Lipinski definition) is 1. The normalized spacial score (nSPS) is 15.8. The van der Waals surface area contributed by atoms with Crippen molar-refractivity contribution in [1.29, 1.82) is 0 Å². The number of aromatic hydroxyl groups is 1. The number of piperazine rings is 2. The van der Waals surface area contributed by atoms with E-state index in [1.807, 2.05) is 91.8 Å². The molecule has 2 aromatic heterocycles. The highest BCUT2D eigenvalue weighted by molar-refractivity contribution is 6.17. The first kappa shape index (κ1) is 50.6. The van der Waals surface area contributed by atoms with Crippen LogP contribution in [0, 0.1) is 11.6 Å². The van der Waals surface area contributed by atoms with Crippen molar-refractivity contribution in [3.05, 3.63) is 213 Å². The van der Waals surface area contributed by atoms with Crippen molar-refractivity contribution < 1.29 is 37.8 Å². The summed E-state index contributed by atoms with van der Waals surface area (Å²) in [4.78, 5) is 75.9. The lowest BCUT2D eigenvalue weighted by Crippen LogP contribution is -2.47. The molecule has 6 heterocycles. The zero-order valence-corrected chi connectivity index (χ0v) is 42.7. The maximum absolute atomic E-state index is 14.4. The van der Waals surface area contributed by atoms with Gasteiger partial charge < -0.3 is 39.2 Å². The first-order chi connectivity index (χ1) is 37.4. The number of halogens is 2. The van der Waals surface area contributed by atoms with Crippen molar-refractivity contribution in [3.8, 4) is 11.5 Å². The van der Waals surface area contributed by atoms with Crippen LogP contribution in [0.3, 0.4) is 0 Å². The molecule has 0 spiro atoms. The first-order valence-corrected chi connectivity index (χ1v) is 25.8. The number of fused-ring (bicyclic) bond motifs is 4. The van der Waals surface area contributed by atoms with Crippen LogP contribution in [0.15, 0.2) is 146 Å². The zero-order valence-electron chi connectivity index (χ0n) is 42.7. The van der Waals surface area contributed by atoms with E-state index >= 15 is 0 Å². The molecule has 0 bridgehead atoms. The number of amides is 4. The fraction of sp³-hybridized carbons (Fsp3) is 0.246. The predicted molar refractivity (Wildman–Crippen MR) is 287 cm³/mol. The Morgan fingerprint density at radius 3 is 1.43 bits per heavy atom. The summed E-state index contributed by atoms with van der Waals surface area (Å²) in [5.74, 6) is -1.38. The van der Waals surface area contributed by atoms with E-state index in [1.54, 1.807) is 57.3 Å². The molecule has 0 unspecified atom stereocenters. The summed E-state index contributed by atoms with van der Waals surface area (Å²) in [6.45, 7) is 6.42. The van der Waals surface area contributed by atoms with Crippen LogP contribution in [0.25, 0.3) is 21.8 Å². The summed E-state index contributed by atoms with van der Waals surface area (Å²) in [6, 6.07) is 39.0. The smallest absolute Gasteiger partial charge is 0.258 e. The standard InChI is InChI=1S/C37H33FN4O3.C24H23FN4O3/c1-40-19-21-41(22-20-40)36(43)31-29-13-8-18-39-33(29)35(45-34(26-9-4-2-5-10-26)27-11-6-3-7-12-27)32-30(31)24-42(37(32)44)23-25-14-16-28(38)17-15-25;1-27-9-11-28(12-10-27)23(31)19-17-3-2-8-26-21(17)22(30)20-18(19)14-29(24(20)32)13-15-4-6-16(25)7-5-15/h2-18,34H,19-24H2,1H3;2-8,30H,9-14H2,1H3. The molecular formula is C61H56F2N8O6. The number of benzene rings is 6. The van der Waals surface area contributed by atoms with Gasteiger partial charge in [-0.1, -0.05) is 97.1 Å². The molecule has 12 rings (SSSR count). The van der Waals surface area contributed by atoms with Crippen LogP contribution in [0.2, 0.25) is 0 Å². The molecule has 1 N–H and O–H groups in total. The molecule has 0 aliphatic carbocycles. The Bertz CT molecular complexity index is 3500. The molecule has 2 fully saturated rings. The van der Waals surface area contributed by atoms with Crippen LogP contribution >= 0.6 is 0 Å². The van der Waals surface area contributed by atoms with Gasteiger partial charge in [-0.25, -0.2) is 8.78 Å². The molecule has 0 saturated carbocycles. The summed E-state index contributed by atoms with van der Waals surface area (Å²) in [5, 5.41) is 12.1. The van der Waals surface area contributed by atoms with Gasteiger partial charge in [0.2, 0.25) is 0 Å². The van der Waals surface area contributed by atoms with Crippen molar-refractivity contribution in [3.63, 3.8) is 0 Å². The largest absolute Gasteiger partial charge is 0.505 e. The monoisotopic (exact) mass is 1030 g/mol. The molecule has 4 aliphatic rings. The molecule has 390 valence electrons. The minimum absolute atomic E-state index is 0.108. The summed E-state index contributed by atoms with van der Waals surface area (Å²) < 4.78 is 33.9. The molecule has 6 aromatic carbocycles. The Morgan fingerprint density at radius 2 is 0.961 bits per heavy atom. The Morgan fingerprint density at radius 1 is 0.545 bits per heavy atom. The van der Waals surface area contributed by atoms with E-state index < -0.39 is 6.10 Å². The molecule has 8 aromatic rings. The lowest BCUT2D eigenvalue weighted by atomic mass is 9.94. The quantitative estimate of drug-likeness (QED) is 0.141. The van der Waals surface area contributed by atoms with Crippen molar-refractivity contribution >= 4 is 45.4 Å². The lowest BCUT2D eigenvalue weighted by Gasteiger charge is -2.33. The fourth-order valence-electron chi connectivity index (χ4n) is 10.8. The number of ether oxygens (including phenoxy) is 1. The van der Waals surface area contributed by atoms with Crippen LogP contribution < -0.4 is 4.74 Å². The van der Waals surface area contributed by atoms with Crippen molar-refractivity contribution in [1.82, 2.24) is 39.4 Å². The number of carbonyl (C=O) groups is 4. The number of carbonyl (C=O) groups excluding carboxylic acids is 4. The number of likely N-dealkylation sites (N-methyl/N-ethyl adjacent to an activating group) is 2. The molecule has 2 saturated heterocycles. The topological polar surface area (TPSA) is 143 Å². The average molecular weight is 1040 g/mol. The molecule has 0 radical (unpaired) electrons. The van der Waals surface area contributed by atoms with Gasteiger partial charge in [0.1, 0.15) is 28.8 Å². The molecule has 14 nitrogen and oxygen atoms in total. The maximum Gasteiger partial charge on any atom is 0.258 e. The summed E-state index contributed by atoms with van der Waals surface area (Å²) in [5.41, 5.74) is 6.72. The fourth-order valence-corrected chi connectivity index (χ4v) is 10.8. The van der Waals surface area contributed by atoms with E-state index in [0.717, 1.165) is 48.4 Å². The minimum Gasteiger partial charge on any atom is -0.505 e. The minimum atomic E-state index is -0.528. The summed E-state index contributed by atoms with van der Waals surface area (Å²) >= 11 is 0. The molecule has 4 aliphatic heterocycles. The van der Waals surface area contributed by atoms with E-state index in [2.05, 4.69) is 14.8 Å². The Hall–Kier alpha value is -8.60. The van der Waals surface area contributed by atoms with Crippen LogP contribution in [-0.2, 0) is 26.2 Å². The zero-order chi connectivity index (χ0) is 53.3. The van der Waals surface area contributed by atoms with E-state index in [9.17, 15) is 33.1 Å². The molecule has 16 heteroatoms. The van der Waals surface area contributed by atoms with Gasteiger partial charge >= 0.3 is 0 Å². The van der Waals surface area contributed by atoms with Crippen LogP contribution in [-0.4, -0.2) is 135 Å². The first-order valence-electron chi connectivity index (χ1n) is 25.8. The number of phenols is 1. The van der Waals surface area contributed by atoms with Crippen molar-refractivity contribution in [2.45, 2.75) is 32.3 Å². The van der Waals surface area contributed by atoms with Gasteiger partial charge in [-0.05, 0) is 72.7 Å². The second-order valence-corrected chi connectivity index (χ2v) is 20.0. The number of rotatable bonds is 10. The van der Waals surface area contributed by atoms with Gasteiger partial charge in [0, 0.05) is 113 Å².